The van der Waals surface area contributed by atoms with E-state index in [1.54, 1.807) is 24.8 Å². The molecule has 0 aliphatic heterocycles. The number of hydrogen-bond acceptors (Lipinski definition) is 1. The van der Waals surface area contributed by atoms with E-state index in [9.17, 15) is 4.21 Å². The van der Waals surface area contributed by atoms with Crippen molar-refractivity contribution >= 4 is 8.50 Å². The van der Waals surface area contributed by atoms with Gasteiger partial charge in [0, 0.05) is 0 Å². The summed E-state index contributed by atoms with van der Waals surface area (Å²) in [6.45, 7) is 0. The molecule has 0 saturated heterocycles. The van der Waals surface area contributed by atoms with Gasteiger partial charge in [0.1, 0.15) is 0 Å². The van der Waals surface area contributed by atoms with E-state index < -0.39 is 8.50 Å². The van der Waals surface area contributed by atoms with E-state index in [-0.39, 0.29) is 0 Å². The first-order valence-corrected chi connectivity index (χ1v) is 4.68. The maximum absolute atomic E-state index is 9.56. The molecule has 0 aliphatic rings. The maximum atomic E-state index is 9.56. The van der Waals surface area contributed by atoms with E-state index in [2.05, 4.69) is 0 Å². The van der Waals surface area contributed by atoms with Crippen molar-refractivity contribution in [1.82, 2.24) is 0 Å². The van der Waals surface area contributed by atoms with Gasteiger partial charge in [-0.05, 0) is 0 Å². The van der Waals surface area contributed by atoms with Gasteiger partial charge < -0.3 is 0 Å². The van der Waals surface area contributed by atoms with Crippen LogP contribution in [0.25, 0.3) is 0 Å². The normalized spacial score (nSPS) is 15.2. The summed E-state index contributed by atoms with van der Waals surface area (Å²) >= 11 is 1.58. The van der Waals surface area contributed by atoms with Crippen molar-refractivity contribution in [1.29, 1.82) is 0 Å². The molecule has 25 valence electrons. The SMILES string of the molecule is C[S](=O)[Mo]. The van der Waals surface area contributed by atoms with Crippen LogP contribution in [0, 0.1) is 0 Å². The van der Waals surface area contributed by atoms with Crippen LogP contribution in [0.2, 0.25) is 0 Å². The van der Waals surface area contributed by atoms with E-state index in [0.29, 0.717) is 0 Å². The minimum absolute atomic E-state index is 0.601. The van der Waals surface area contributed by atoms with Gasteiger partial charge in [0.25, 0.3) is 0 Å². The van der Waals surface area contributed by atoms with E-state index in [4.69, 9.17) is 0 Å². The van der Waals surface area contributed by atoms with Gasteiger partial charge in [0.2, 0.25) is 0 Å². The average molecular weight is 159 g/mol. The predicted octanol–water partition coefficient (Wildman–Crippen LogP) is -0.173. The van der Waals surface area contributed by atoms with Gasteiger partial charge in [-0.3, -0.25) is 0 Å². The average Bonchev–Trinajstić information content (AvgIpc) is 0.811. The second kappa shape index (κ2) is 2.10. The van der Waals surface area contributed by atoms with Crippen LogP contribution >= 0.6 is 0 Å². The monoisotopic (exact) mass is 161 g/mol. The van der Waals surface area contributed by atoms with Gasteiger partial charge in [-0.2, -0.15) is 0 Å². The number of hydrogen-bond donors (Lipinski definition) is 0. The zero-order valence-electron chi connectivity index (χ0n) is 2.22. The molecule has 1 nitrogen and oxygen atoms in total. The van der Waals surface area contributed by atoms with Gasteiger partial charge in [-0.1, -0.05) is 0 Å². The van der Waals surface area contributed by atoms with Crippen LogP contribution < -0.4 is 0 Å². The van der Waals surface area contributed by atoms with Crippen molar-refractivity contribution in [3.05, 3.63) is 0 Å². The molecule has 0 spiro atoms. The van der Waals surface area contributed by atoms with Crippen LogP contribution in [-0.2, 0) is 27.0 Å². The zero-order chi connectivity index (χ0) is 3.58. The van der Waals surface area contributed by atoms with Gasteiger partial charge >= 0.3 is 37.5 Å². The molecule has 1 unspecified atom stereocenters. The van der Waals surface area contributed by atoms with Crippen LogP contribution in [0.1, 0.15) is 0 Å². The van der Waals surface area contributed by atoms with Crippen LogP contribution in [0.5, 0.6) is 0 Å². The summed E-state index contributed by atoms with van der Waals surface area (Å²) in [5, 5.41) is 0. The fourth-order valence-electron chi connectivity index (χ4n) is 0. The molecule has 0 aromatic carbocycles. The Balaban J connectivity index is 2.80. The third-order valence-corrected chi connectivity index (χ3v) is 0. The molecule has 0 radical (unpaired) electrons. The topological polar surface area (TPSA) is 17.1 Å². The fourth-order valence-corrected chi connectivity index (χ4v) is 0. The fraction of sp³-hybridized carbons (Fsp3) is 1.00. The van der Waals surface area contributed by atoms with Crippen molar-refractivity contribution in [2.45, 2.75) is 0 Å². The standard InChI is InChI=1S/CH3OS.Mo/c1-3-2;/h1H3;/q+1;-1. The van der Waals surface area contributed by atoms with Crippen LogP contribution in [0.4, 0.5) is 0 Å². The Labute approximate surface area is 37.8 Å². The summed E-state index contributed by atoms with van der Waals surface area (Å²) in [4.78, 5) is 0. The second-order valence-corrected chi connectivity index (χ2v) is 4.67. The van der Waals surface area contributed by atoms with Crippen molar-refractivity contribution in [2.24, 2.45) is 0 Å². The Morgan fingerprint density at radius 3 is 2.00 bits per heavy atom. The van der Waals surface area contributed by atoms with Gasteiger partial charge in [-0.15, -0.1) is 0 Å². The second-order valence-electron chi connectivity index (χ2n) is 0.401. The molecule has 0 bridgehead atoms. The first-order valence-electron chi connectivity index (χ1n) is 0.742. The summed E-state index contributed by atoms with van der Waals surface area (Å²) < 4.78 is 9.56. The van der Waals surface area contributed by atoms with Crippen molar-refractivity contribution in [2.75, 3.05) is 6.26 Å². The van der Waals surface area contributed by atoms with Crippen LogP contribution in [0.15, 0.2) is 0 Å². The Kier molecular flexibility index (Phi) is 2.54. The van der Waals surface area contributed by atoms with Gasteiger partial charge in [-0.25, -0.2) is 0 Å². The molecule has 0 aliphatic carbocycles. The van der Waals surface area contributed by atoms with E-state index in [1.807, 2.05) is 0 Å². The summed E-state index contributed by atoms with van der Waals surface area (Å²) in [7, 11) is -0.601. The molecule has 0 fully saturated rings. The third-order valence-electron chi connectivity index (χ3n) is 0. The first kappa shape index (κ1) is 4.84. The molecule has 1 atom stereocenters. The Hall–Kier alpha value is 0.838. The Bertz CT molecular complexity index is 31.0. The molecule has 4 heavy (non-hydrogen) atoms. The molecule has 3 heteroatoms. The van der Waals surface area contributed by atoms with E-state index in [1.165, 1.54) is 0 Å². The quantitative estimate of drug-likeness (QED) is 0.448. The molecule has 0 aromatic rings. The summed E-state index contributed by atoms with van der Waals surface area (Å²) in [6.07, 6.45) is 1.64. The molecular formula is CH3MoOS. The molecule has 0 amide bonds. The summed E-state index contributed by atoms with van der Waals surface area (Å²) in [5.41, 5.74) is 0. The first-order chi connectivity index (χ1) is 1.73. The Morgan fingerprint density at radius 2 is 2.00 bits per heavy atom. The minimum atomic E-state index is -0.601. The predicted molar refractivity (Wildman–Crippen MR) is 14.1 cm³/mol. The molecule has 0 saturated carbocycles. The van der Waals surface area contributed by atoms with Crippen molar-refractivity contribution in [3.63, 3.8) is 0 Å². The van der Waals surface area contributed by atoms with Crippen LogP contribution in [0.3, 0.4) is 0 Å². The number of rotatable bonds is 0. The zero-order valence-corrected chi connectivity index (χ0v) is 5.05. The van der Waals surface area contributed by atoms with Crippen molar-refractivity contribution in [3.8, 4) is 0 Å². The Morgan fingerprint density at radius 1 is 2.00 bits per heavy atom. The molecule has 0 aromatic heterocycles. The molecular weight excluding hydrogens is 156 g/mol. The van der Waals surface area contributed by atoms with Crippen molar-refractivity contribution < 1.29 is 22.7 Å². The summed E-state index contributed by atoms with van der Waals surface area (Å²) in [6, 6.07) is 0. The van der Waals surface area contributed by atoms with Gasteiger partial charge in [0.05, 0.1) is 0 Å². The van der Waals surface area contributed by atoms with Gasteiger partial charge in [0.15, 0.2) is 0 Å². The molecule has 0 N–H and O–H groups in total. The van der Waals surface area contributed by atoms with Crippen LogP contribution in [-0.4, -0.2) is 10.5 Å². The summed E-state index contributed by atoms with van der Waals surface area (Å²) in [5.74, 6) is 0. The van der Waals surface area contributed by atoms with E-state index in [0.717, 1.165) is 0 Å². The third kappa shape index (κ3) is 13.6. The molecule has 0 heterocycles. The molecule has 0 rings (SSSR count). The van der Waals surface area contributed by atoms with E-state index >= 15 is 0 Å².